The Morgan fingerprint density at radius 3 is 2.44 bits per heavy atom. The number of rotatable bonds is 8. The van der Waals surface area contributed by atoms with Gasteiger partial charge in [-0.2, -0.15) is 4.31 Å². The van der Waals surface area contributed by atoms with Crippen LogP contribution >= 0.6 is 11.6 Å². The summed E-state index contributed by atoms with van der Waals surface area (Å²) < 4.78 is 58.4. The second-order valence-corrected chi connectivity index (χ2v) is 12.6. The van der Waals surface area contributed by atoms with E-state index in [4.69, 9.17) is 16.3 Å². The zero-order valence-electron chi connectivity index (χ0n) is 19.2. The molecule has 1 fully saturated rings. The number of hydrogen-bond donors (Lipinski definition) is 1. The van der Waals surface area contributed by atoms with Crippen LogP contribution in [-0.4, -0.2) is 65.6 Å². The highest BCUT2D eigenvalue weighted by Crippen LogP contribution is 2.32. The number of nitrogens with one attached hydrogen (secondary N) is 1. The summed E-state index contributed by atoms with van der Waals surface area (Å²) in [5.41, 5.74) is 0.731. The van der Waals surface area contributed by atoms with Crippen molar-refractivity contribution in [3.63, 3.8) is 0 Å². The largest absolute Gasteiger partial charge is 0.495 e. The molecule has 2 aromatic rings. The fourth-order valence-electron chi connectivity index (χ4n) is 3.69. The van der Waals surface area contributed by atoms with E-state index in [0.717, 1.165) is 9.87 Å². The monoisotopic (exact) mass is 529 g/mol. The van der Waals surface area contributed by atoms with E-state index >= 15 is 0 Å². The zero-order valence-corrected chi connectivity index (χ0v) is 21.6. The highest BCUT2D eigenvalue weighted by Gasteiger charge is 2.35. The molecule has 0 spiro atoms. The lowest BCUT2D eigenvalue weighted by Gasteiger charge is -2.31. The van der Waals surface area contributed by atoms with Gasteiger partial charge in [-0.25, -0.2) is 21.1 Å². The molecule has 1 aliphatic heterocycles. The van der Waals surface area contributed by atoms with E-state index in [9.17, 15) is 21.6 Å². The Hall–Kier alpha value is -2.18. The van der Waals surface area contributed by atoms with Crippen LogP contribution in [-0.2, 0) is 31.4 Å². The second-order valence-electron chi connectivity index (χ2n) is 8.15. The van der Waals surface area contributed by atoms with Gasteiger partial charge in [-0.05, 0) is 48.7 Å². The maximum absolute atomic E-state index is 13.2. The molecular weight excluding hydrogens is 502 g/mol. The molecule has 1 unspecified atom stereocenters. The lowest BCUT2D eigenvalue weighted by molar-refractivity contribution is -0.126. The summed E-state index contributed by atoms with van der Waals surface area (Å²) in [6, 6.07) is 10.7. The molecule has 1 saturated heterocycles. The molecule has 0 bridgehead atoms. The molecule has 3 rings (SSSR count). The first-order chi connectivity index (χ1) is 16.0. The SMILES string of the molecule is COc1ccc(Cl)cc1S(=O)(=O)N1CCCC(C(=O)NCc2ccc(S(=O)(=O)N(C)C)cc2)C1. The van der Waals surface area contributed by atoms with Crippen LogP contribution in [0.3, 0.4) is 0 Å². The molecule has 0 saturated carbocycles. The van der Waals surface area contributed by atoms with Crippen molar-refractivity contribution in [2.75, 3.05) is 34.3 Å². The predicted molar refractivity (Wildman–Crippen MR) is 129 cm³/mol. The van der Waals surface area contributed by atoms with Crippen molar-refractivity contribution in [1.82, 2.24) is 13.9 Å². The third-order valence-electron chi connectivity index (χ3n) is 5.67. The Balaban J connectivity index is 1.66. The van der Waals surface area contributed by atoms with Crippen molar-refractivity contribution in [2.45, 2.75) is 29.2 Å². The summed E-state index contributed by atoms with van der Waals surface area (Å²) in [5.74, 6) is -0.583. The van der Waals surface area contributed by atoms with Gasteiger partial charge in [0.05, 0.1) is 17.9 Å². The van der Waals surface area contributed by atoms with Gasteiger partial charge >= 0.3 is 0 Å². The Kier molecular flexibility index (Phi) is 8.25. The number of carbonyl (C=O) groups is 1. The van der Waals surface area contributed by atoms with E-state index in [1.165, 1.54) is 49.8 Å². The minimum Gasteiger partial charge on any atom is -0.495 e. The van der Waals surface area contributed by atoms with Crippen molar-refractivity contribution in [2.24, 2.45) is 5.92 Å². The van der Waals surface area contributed by atoms with Crippen LogP contribution in [0.5, 0.6) is 5.75 Å². The van der Waals surface area contributed by atoms with E-state index < -0.39 is 26.0 Å². The predicted octanol–water partition coefficient (Wildman–Crippen LogP) is 2.32. The topological polar surface area (TPSA) is 113 Å². The molecule has 34 heavy (non-hydrogen) atoms. The van der Waals surface area contributed by atoms with E-state index in [0.29, 0.717) is 19.4 Å². The van der Waals surface area contributed by atoms with Crippen LogP contribution < -0.4 is 10.1 Å². The Bertz CT molecular complexity index is 1250. The van der Waals surface area contributed by atoms with Gasteiger partial charge in [-0.15, -0.1) is 0 Å². The Morgan fingerprint density at radius 2 is 1.82 bits per heavy atom. The van der Waals surface area contributed by atoms with Gasteiger partial charge in [0, 0.05) is 38.8 Å². The van der Waals surface area contributed by atoms with Crippen LogP contribution in [0.1, 0.15) is 18.4 Å². The standard InChI is InChI=1S/C22H28ClN3O6S2/c1-25(2)33(28,29)19-9-6-16(7-10-19)14-24-22(27)17-5-4-12-26(15-17)34(30,31)21-13-18(23)8-11-20(21)32-3/h6-11,13,17H,4-5,12,14-15H2,1-3H3,(H,24,27). The smallest absolute Gasteiger partial charge is 0.246 e. The van der Waals surface area contributed by atoms with E-state index in [-0.39, 0.29) is 39.6 Å². The number of sulfonamides is 2. The fraction of sp³-hybridized carbons (Fsp3) is 0.409. The second kappa shape index (κ2) is 10.6. The molecule has 1 amide bonds. The first-order valence-corrected chi connectivity index (χ1v) is 13.9. The number of halogens is 1. The molecule has 0 aliphatic carbocycles. The summed E-state index contributed by atoms with van der Waals surface area (Å²) >= 11 is 6.01. The summed E-state index contributed by atoms with van der Waals surface area (Å²) in [5, 5.41) is 3.10. The van der Waals surface area contributed by atoms with Crippen molar-refractivity contribution in [1.29, 1.82) is 0 Å². The highest BCUT2D eigenvalue weighted by atomic mass is 35.5. The molecular formula is C22H28ClN3O6S2. The summed E-state index contributed by atoms with van der Waals surface area (Å²) in [6.45, 7) is 0.542. The van der Waals surface area contributed by atoms with Gasteiger partial charge in [0.15, 0.2) is 0 Å². The lowest BCUT2D eigenvalue weighted by atomic mass is 9.99. The molecule has 2 aromatic carbocycles. The molecule has 0 radical (unpaired) electrons. The van der Waals surface area contributed by atoms with Crippen LogP contribution in [0.4, 0.5) is 0 Å². The molecule has 186 valence electrons. The van der Waals surface area contributed by atoms with Crippen molar-refractivity contribution >= 4 is 37.6 Å². The first-order valence-electron chi connectivity index (χ1n) is 10.6. The number of carbonyl (C=O) groups excluding carboxylic acids is 1. The number of nitrogens with zero attached hydrogens (tertiary/aromatic N) is 2. The number of amides is 1. The van der Waals surface area contributed by atoms with Crippen molar-refractivity contribution in [3.05, 3.63) is 53.1 Å². The molecule has 1 heterocycles. The zero-order chi connectivity index (χ0) is 25.1. The van der Waals surface area contributed by atoms with Crippen LogP contribution in [0.15, 0.2) is 52.3 Å². The normalized spacial score (nSPS) is 17.5. The van der Waals surface area contributed by atoms with Crippen molar-refractivity contribution < 1.29 is 26.4 Å². The Morgan fingerprint density at radius 1 is 1.15 bits per heavy atom. The van der Waals surface area contributed by atoms with Crippen LogP contribution in [0, 0.1) is 5.92 Å². The van der Waals surface area contributed by atoms with Gasteiger partial charge < -0.3 is 10.1 Å². The van der Waals surface area contributed by atoms with E-state index in [1.54, 1.807) is 18.2 Å². The summed E-state index contributed by atoms with van der Waals surface area (Å²) in [4.78, 5) is 12.9. The number of hydrogen-bond acceptors (Lipinski definition) is 6. The van der Waals surface area contributed by atoms with Crippen molar-refractivity contribution in [3.8, 4) is 5.75 Å². The lowest BCUT2D eigenvalue weighted by Crippen LogP contribution is -2.45. The number of ether oxygens (including phenoxy) is 1. The first kappa shape index (κ1) is 26.4. The third kappa shape index (κ3) is 5.72. The molecule has 12 heteroatoms. The minimum absolute atomic E-state index is 0.0312. The fourth-order valence-corrected chi connectivity index (χ4v) is 6.53. The number of benzene rings is 2. The summed E-state index contributed by atoms with van der Waals surface area (Å²) in [6.07, 6.45) is 1.10. The van der Waals surface area contributed by atoms with E-state index in [1.807, 2.05) is 0 Å². The van der Waals surface area contributed by atoms with Gasteiger partial charge in [0.25, 0.3) is 0 Å². The quantitative estimate of drug-likeness (QED) is 0.561. The molecule has 1 N–H and O–H groups in total. The molecule has 0 aromatic heterocycles. The maximum Gasteiger partial charge on any atom is 0.246 e. The highest BCUT2D eigenvalue weighted by molar-refractivity contribution is 7.89. The molecule has 1 atom stereocenters. The van der Waals surface area contributed by atoms with E-state index in [2.05, 4.69) is 5.32 Å². The molecule has 1 aliphatic rings. The van der Waals surface area contributed by atoms with Gasteiger partial charge in [-0.1, -0.05) is 23.7 Å². The van der Waals surface area contributed by atoms with Gasteiger partial charge in [-0.3, -0.25) is 4.79 Å². The number of piperidine rings is 1. The van der Waals surface area contributed by atoms with Crippen LogP contribution in [0.25, 0.3) is 0 Å². The van der Waals surface area contributed by atoms with Gasteiger partial charge in [0.2, 0.25) is 26.0 Å². The van der Waals surface area contributed by atoms with Crippen LogP contribution in [0.2, 0.25) is 5.02 Å². The average molecular weight is 530 g/mol. The minimum atomic E-state index is -3.90. The summed E-state index contributed by atoms with van der Waals surface area (Å²) in [7, 11) is -3.13. The maximum atomic E-state index is 13.2. The Labute approximate surface area is 205 Å². The average Bonchev–Trinajstić information content (AvgIpc) is 2.82. The number of methoxy groups -OCH3 is 1. The van der Waals surface area contributed by atoms with Gasteiger partial charge in [0.1, 0.15) is 10.6 Å². The molecule has 9 nitrogen and oxygen atoms in total. The third-order valence-corrected chi connectivity index (χ3v) is 9.62.